The highest BCUT2D eigenvalue weighted by Crippen LogP contribution is 2.50. The van der Waals surface area contributed by atoms with E-state index in [0.29, 0.717) is 0 Å². The molecular formula is C15H14ClF3N2O. The van der Waals surface area contributed by atoms with E-state index in [2.05, 4.69) is 5.32 Å². The van der Waals surface area contributed by atoms with Gasteiger partial charge in [0, 0.05) is 16.3 Å². The van der Waals surface area contributed by atoms with Gasteiger partial charge in [0.25, 0.3) is 0 Å². The number of amides is 2. The molecule has 118 valence electrons. The topological polar surface area (TPSA) is 41.1 Å². The molecule has 0 bridgehead atoms. The van der Waals surface area contributed by atoms with Crippen molar-refractivity contribution in [1.29, 1.82) is 0 Å². The molecule has 3 nitrogen and oxygen atoms in total. The first-order valence-corrected chi connectivity index (χ1v) is 7.19. The number of benzene rings is 1. The molecule has 1 saturated carbocycles. The van der Waals surface area contributed by atoms with Crippen LogP contribution < -0.4 is 10.6 Å². The summed E-state index contributed by atoms with van der Waals surface area (Å²) < 4.78 is 41.5. The Bertz CT molecular complexity index is 667. The number of carbonyl (C=O) groups is 1. The Morgan fingerprint density at radius 3 is 2.55 bits per heavy atom. The van der Waals surface area contributed by atoms with Crippen LogP contribution in [0.4, 0.5) is 23.7 Å². The third-order valence-corrected chi connectivity index (χ3v) is 4.42. The van der Waals surface area contributed by atoms with Crippen molar-refractivity contribution in [3.8, 4) is 0 Å². The number of carbonyl (C=O) groups excluding carboxylic acids is 1. The maximum absolute atomic E-state index is 13.8. The number of halogens is 4. The maximum Gasteiger partial charge on any atom is 0.419 e. The number of fused-ring (bicyclic) bond motifs is 1. The highest BCUT2D eigenvalue weighted by molar-refractivity contribution is 6.30. The Balaban J connectivity index is 2.19. The smallest absolute Gasteiger partial charge is 0.316 e. The van der Waals surface area contributed by atoms with Gasteiger partial charge in [0.15, 0.2) is 5.54 Å². The summed E-state index contributed by atoms with van der Waals surface area (Å²) >= 11 is 5.86. The van der Waals surface area contributed by atoms with Crippen molar-refractivity contribution < 1.29 is 18.0 Å². The van der Waals surface area contributed by atoms with Crippen LogP contribution in [-0.2, 0) is 5.54 Å². The Kier molecular flexibility index (Phi) is 3.22. The molecule has 22 heavy (non-hydrogen) atoms. The van der Waals surface area contributed by atoms with Gasteiger partial charge in [-0.25, -0.2) is 4.79 Å². The fourth-order valence-corrected chi connectivity index (χ4v) is 2.66. The Labute approximate surface area is 130 Å². The van der Waals surface area contributed by atoms with Crippen molar-refractivity contribution in [1.82, 2.24) is 5.32 Å². The minimum absolute atomic E-state index is 0.104. The zero-order valence-corrected chi connectivity index (χ0v) is 12.5. The molecule has 2 amide bonds. The van der Waals surface area contributed by atoms with Crippen molar-refractivity contribution in [3.63, 3.8) is 0 Å². The first kappa shape index (κ1) is 15.2. The molecule has 3 rings (SSSR count). The molecule has 1 fully saturated rings. The van der Waals surface area contributed by atoms with Gasteiger partial charge in [-0.2, -0.15) is 13.2 Å². The molecule has 0 saturated heterocycles. The summed E-state index contributed by atoms with van der Waals surface area (Å²) in [5.74, 6) is 0. The predicted molar refractivity (Wildman–Crippen MR) is 77.8 cm³/mol. The van der Waals surface area contributed by atoms with Gasteiger partial charge in [-0.3, -0.25) is 0 Å². The van der Waals surface area contributed by atoms with Crippen molar-refractivity contribution in [3.05, 3.63) is 40.9 Å². The highest BCUT2D eigenvalue weighted by atomic mass is 35.5. The van der Waals surface area contributed by atoms with Gasteiger partial charge in [-0.15, -0.1) is 0 Å². The molecule has 0 radical (unpaired) electrons. The number of alkyl halides is 3. The third-order valence-electron chi connectivity index (χ3n) is 4.19. The average molecular weight is 331 g/mol. The molecule has 2 aliphatic rings. The second-order valence-corrected chi connectivity index (χ2v) is 6.50. The molecule has 2 N–H and O–H groups in total. The van der Waals surface area contributed by atoms with Crippen LogP contribution in [0.3, 0.4) is 0 Å². The minimum Gasteiger partial charge on any atom is -0.316 e. The fraction of sp³-hybridized carbons (Fsp3) is 0.400. The molecule has 1 aromatic rings. The van der Waals surface area contributed by atoms with Gasteiger partial charge < -0.3 is 10.6 Å². The average Bonchev–Trinajstić information content (AvgIpc) is 3.14. The molecule has 1 aromatic carbocycles. The Hall–Kier alpha value is -1.69. The molecule has 1 aliphatic heterocycles. The van der Waals surface area contributed by atoms with Crippen LogP contribution >= 0.6 is 11.6 Å². The summed E-state index contributed by atoms with van der Waals surface area (Å²) in [6.45, 7) is 1.88. The van der Waals surface area contributed by atoms with Crippen LogP contribution in [0.5, 0.6) is 0 Å². The molecule has 1 unspecified atom stereocenters. The van der Waals surface area contributed by atoms with Crippen LogP contribution in [0.15, 0.2) is 30.4 Å². The van der Waals surface area contributed by atoms with Crippen LogP contribution in [0.1, 0.15) is 25.3 Å². The molecule has 7 heteroatoms. The van der Waals surface area contributed by atoms with Gasteiger partial charge in [0.2, 0.25) is 0 Å². The van der Waals surface area contributed by atoms with E-state index in [1.807, 2.05) is 12.2 Å². The van der Waals surface area contributed by atoms with E-state index >= 15 is 0 Å². The minimum atomic E-state index is -4.69. The zero-order valence-electron chi connectivity index (χ0n) is 11.7. The van der Waals surface area contributed by atoms with Gasteiger partial charge in [-0.05, 0) is 42.5 Å². The van der Waals surface area contributed by atoms with Crippen molar-refractivity contribution >= 4 is 23.3 Å². The lowest BCUT2D eigenvalue weighted by Crippen LogP contribution is -2.59. The Morgan fingerprint density at radius 1 is 1.27 bits per heavy atom. The van der Waals surface area contributed by atoms with Gasteiger partial charge in [0.1, 0.15) is 0 Å². The van der Waals surface area contributed by atoms with E-state index in [9.17, 15) is 18.0 Å². The lowest BCUT2D eigenvalue weighted by Gasteiger charge is -2.39. The SMILES string of the molecule is CC1(C=CC2(C(F)(F)F)NC(=O)Nc3ccc(Cl)cc32)CC1. The first-order chi connectivity index (χ1) is 10.2. The molecule has 1 aliphatic carbocycles. The normalized spacial score (nSPS) is 26.3. The molecule has 1 atom stereocenters. The van der Waals surface area contributed by atoms with Crippen LogP contribution in [0.2, 0.25) is 5.02 Å². The van der Waals surface area contributed by atoms with Crippen molar-refractivity contribution in [2.24, 2.45) is 5.41 Å². The van der Waals surface area contributed by atoms with E-state index in [4.69, 9.17) is 11.6 Å². The number of anilines is 1. The monoisotopic (exact) mass is 330 g/mol. The summed E-state index contributed by atoms with van der Waals surface area (Å²) in [5.41, 5.74) is -2.79. The summed E-state index contributed by atoms with van der Waals surface area (Å²) in [6, 6.07) is 3.16. The van der Waals surface area contributed by atoms with E-state index < -0.39 is 17.7 Å². The quantitative estimate of drug-likeness (QED) is 0.765. The van der Waals surface area contributed by atoms with E-state index in [1.165, 1.54) is 24.3 Å². The van der Waals surface area contributed by atoms with Crippen molar-refractivity contribution in [2.45, 2.75) is 31.5 Å². The first-order valence-electron chi connectivity index (χ1n) is 6.82. The zero-order chi connectivity index (χ0) is 16.2. The number of allylic oxidation sites excluding steroid dienone is 1. The number of hydrogen-bond donors (Lipinski definition) is 2. The molecular weight excluding hydrogens is 317 g/mol. The number of hydrogen-bond acceptors (Lipinski definition) is 1. The maximum atomic E-state index is 13.8. The summed E-state index contributed by atoms with van der Waals surface area (Å²) in [6.07, 6.45) is -0.422. The summed E-state index contributed by atoms with van der Waals surface area (Å²) in [4.78, 5) is 11.7. The lowest BCUT2D eigenvalue weighted by molar-refractivity contribution is -0.181. The Morgan fingerprint density at radius 2 is 1.95 bits per heavy atom. The van der Waals surface area contributed by atoms with Gasteiger partial charge in [0.05, 0.1) is 0 Å². The van der Waals surface area contributed by atoms with Gasteiger partial charge in [-0.1, -0.05) is 24.6 Å². The van der Waals surface area contributed by atoms with Gasteiger partial charge >= 0.3 is 12.2 Å². The van der Waals surface area contributed by atoms with Crippen LogP contribution in [0, 0.1) is 5.41 Å². The second kappa shape index (κ2) is 4.65. The van der Waals surface area contributed by atoms with E-state index in [1.54, 1.807) is 0 Å². The predicted octanol–water partition coefficient (Wildman–Crippen LogP) is 4.59. The van der Waals surface area contributed by atoms with Crippen LogP contribution in [-0.4, -0.2) is 12.2 Å². The number of nitrogens with one attached hydrogen (secondary N) is 2. The van der Waals surface area contributed by atoms with E-state index in [0.717, 1.165) is 18.9 Å². The van der Waals surface area contributed by atoms with Crippen molar-refractivity contribution in [2.75, 3.05) is 5.32 Å². The molecule has 0 aromatic heterocycles. The lowest BCUT2D eigenvalue weighted by atomic mass is 9.84. The van der Waals surface area contributed by atoms with Crippen LogP contribution in [0.25, 0.3) is 0 Å². The second-order valence-electron chi connectivity index (χ2n) is 6.06. The number of urea groups is 1. The summed E-state index contributed by atoms with van der Waals surface area (Å²) in [7, 11) is 0. The molecule has 1 heterocycles. The molecule has 0 spiro atoms. The third kappa shape index (κ3) is 2.45. The fourth-order valence-electron chi connectivity index (χ4n) is 2.49. The standard InChI is InChI=1S/C15H14ClF3N2O/c1-13(4-5-13)6-7-14(15(17,18)19)10-8-9(16)2-3-11(10)20-12(22)21-14/h2-3,6-8H,4-5H2,1H3,(H2,20,21,22). The largest absolute Gasteiger partial charge is 0.419 e. The van der Waals surface area contributed by atoms with E-state index in [-0.39, 0.29) is 21.7 Å². The number of rotatable bonds is 2. The summed E-state index contributed by atoms with van der Waals surface area (Å²) in [5, 5.41) is 4.59. The highest BCUT2D eigenvalue weighted by Gasteiger charge is 2.58.